The zero-order valence-corrected chi connectivity index (χ0v) is 16.5. The number of amides is 2. The standard InChI is InChI=1S/C18H22N6O3.CH2O2/c1-12(25)22-10-13-9-14(11-22)17(24-15(13)3-2-4-16(24)26)18(27)19-5-7-23-8-6-20-21-23;2-1-3/h2-4,6,8,13-14,17H,5,7,9-11H2,1H3,(H,19,27);1H,(H,2,3)/t13-,14+,17-;/m1./s1. The molecule has 4 rings (SSSR count). The largest absolute Gasteiger partial charge is 0.483 e. The van der Waals surface area contributed by atoms with Crippen molar-refractivity contribution in [3.8, 4) is 0 Å². The van der Waals surface area contributed by atoms with Gasteiger partial charge in [0.25, 0.3) is 12.0 Å². The Morgan fingerprint density at radius 1 is 1.33 bits per heavy atom. The van der Waals surface area contributed by atoms with E-state index in [0.29, 0.717) is 26.2 Å². The Labute approximate surface area is 172 Å². The number of hydrogen-bond donors (Lipinski definition) is 2. The van der Waals surface area contributed by atoms with Crippen LogP contribution in [0.25, 0.3) is 0 Å². The summed E-state index contributed by atoms with van der Waals surface area (Å²) in [5, 5.41) is 17.4. The van der Waals surface area contributed by atoms with Crippen LogP contribution in [0.5, 0.6) is 0 Å². The molecule has 1 saturated heterocycles. The van der Waals surface area contributed by atoms with Crippen molar-refractivity contribution in [1.29, 1.82) is 0 Å². The molecule has 2 bridgehead atoms. The third-order valence-electron chi connectivity index (χ3n) is 5.47. The molecule has 11 heteroatoms. The summed E-state index contributed by atoms with van der Waals surface area (Å²) in [4.78, 5) is 47.6. The van der Waals surface area contributed by atoms with Gasteiger partial charge in [-0.15, -0.1) is 5.10 Å². The Balaban J connectivity index is 0.000000806. The molecule has 4 heterocycles. The summed E-state index contributed by atoms with van der Waals surface area (Å²) in [5.74, 6) is -0.187. The normalized spacial score (nSPS) is 21.6. The SMILES string of the molecule is CC(=O)N1C[C@H]2C[C@@H](C1)[C@H](C(=O)NCCn1ccnn1)n1c2cccc1=O.O=CO. The van der Waals surface area contributed by atoms with Crippen LogP contribution in [-0.4, -0.2) is 67.5 Å². The molecule has 2 amide bonds. The Kier molecular flexibility index (Phi) is 6.60. The van der Waals surface area contributed by atoms with Crippen molar-refractivity contribution < 1.29 is 19.5 Å². The summed E-state index contributed by atoms with van der Waals surface area (Å²) in [7, 11) is 0. The van der Waals surface area contributed by atoms with Gasteiger partial charge in [-0.05, 0) is 12.5 Å². The summed E-state index contributed by atoms with van der Waals surface area (Å²) >= 11 is 0. The first-order chi connectivity index (χ1) is 14.5. The van der Waals surface area contributed by atoms with Gasteiger partial charge in [-0.1, -0.05) is 11.3 Å². The van der Waals surface area contributed by atoms with Gasteiger partial charge in [-0.3, -0.25) is 28.4 Å². The Hall–Kier alpha value is -3.50. The second-order valence-electron chi connectivity index (χ2n) is 7.28. The lowest BCUT2D eigenvalue weighted by Crippen LogP contribution is -2.54. The zero-order chi connectivity index (χ0) is 21.7. The van der Waals surface area contributed by atoms with E-state index in [2.05, 4.69) is 15.6 Å². The molecule has 0 aromatic carbocycles. The van der Waals surface area contributed by atoms with Gasteiger partial charge in [-0.2, -0.15) is 0 Å². The molecule has 2 N–H and O–H groups in total. The Morgan fingerprint density at radius 3 is 2.77 bits per heavy atom. The summed E-state index contributed by atoms with van der Waals surface area (Å²) < 4.78 is 3.26. The predicted molar refractivity (Wildman–Crippen MR) is 105 cm³/mol. The van der Waals surface area contributed by atoms with Crippen molar-refractivity contribution in [1.82, 2.24) is 29.8 Å². The number of likely N-dealkylation sites (tertiary alicyclic amines) is 1. The van der Waals surface area contributed by atoms with Gasteiger partial charge in [0.15, 0.2) is 0 Å². The molecule has 11 nitrogen and oxygen atoms in total. The molecular formula is C19H24N6O5. The van der Waals surface area contributed by atoms with Crippen LogP contribution in [0.15, 0.2) is 35.4 Å². The van der Waals surface area contributed by atoms with Crippen molar-refractivity contribution in [2.24, 2.45) is 5.92 Å². The average molecular weight is 416 g/mol. The number of hydrogen-bond acceptors (Lipinski definition) is 6. The highest BCUT2D eigenvalue weighted by atomic mass is 16.3. The van der Waals surface area contributed by atoms with Crippen LogP contribution in [0.3, 0.4) is 0 Å². The van der Waals surface area contributed by atoms with Crippen molar-refractivity contribution in [3.05, 3.63) is 46.6 Å². The lowest BCUT2D eigenvalue weighted by atomic mass is 9.78. The van der Waals surface area contributed by atoms with Crippen LogP contribution < -0.4 is 10.9 Å². The summed E-state index contributed by atoms with van der Waals surface area (Å²) in [6, 6.07) is 4.49. The Morgan fingerprint density at radius 2 is 2.10 bits per heavy atom. The van der Waals surface area contributed by atoms with E-state index in [-0.39, 0.29) is 35.7 Å². The molecule has 2 aliphatic heterocycles. The molecule has 0 aliphatic carbocycles. The number of nitrogens with zero attached hydrogens (tertiary/aromatic N) is 5. The number of pyridine rings is 1. The highest BCUT2D eigenvalue weighted by Gasteiger charge is 2.44. The molecule has 1 fully saturated rings. The molecule has 2 aromatic rings. The lowest BCUT2D eigenvalue weighted by molar-refractivity contribution is -0.135. The second kappa shape index (κ2) is 9.33. The van der Waals surface area contributed by atoms with Gasteiger partial charge in [0.2, 0.25) is 11.8 Å². The quantitative estimate of drug-likeness (QED) is 0.638. The van der Waals surface area contributed by atoms with E-state index < -0.39 is 6.04 Å². The minimum atomic E-state index is -0.608. The van der Waals surface area contributed by atoms with Crippen LogP contribution in [0, 0.1) is 5.92 Å². The molecule has 2 aromatic heterocycles. The number of aromatic nitrogens is 4. The average Bonchev–Trinajstić information content (AvgIpc) is 3.23. The lowest BCUT2D eigenvalue weighted by Gasteiger charge is -2.46. The molecule has 3 atom stereocenters. The monoisotopic (exact) mass is 416 g/mol. The van der Waals surface area contributed by atoms with E-state index in [4.69, 9.17) is 9.90 Å². The molecule has 0 radical (unpaired) electrons. The maximum Gasteiger partial charge on any atom is 0.290 e. The minimum absolute atomic E-state index is 0.00164. The number of carbonyl (C=O) groups excluding carboxylic acids is 2. The molecule has 2 aliphatic rings. The highest BCUT2D eigenvalue weighted by molar-refractivity contribution is 5.81. The van der Waals surface area contributed by atoms with E-state index in [0.717, 1.165) is 12.1 Å². The smallest absolute Gasteiger partial charge is 0.290 e. The number of carboxylic acid groups (broad SMARTS) is 1. The topological polar surface area (TPSA) is 139 Å². The van der Waals surface area contributed by atoms with Crippen LogP contribution in [0.2, 0.25) is 0 Å². The van der Waals surface area contributed by atoms with Crippen molar-refractivity contribution in [3.63, 3.8) is 0 Å². The Bertz CT molecular complexity index is 957. The third kappa shape index (κ3) is 4.39. The first-order valence-electron chi connectivity index (χ1n) is 9.62. The minimum Gasteiger partial charge on any atom is -0.483 e. The van der Waals surface area contributed by atoms with E-state index in [9.17, 15) is 14.4 Å². The number of fused-ring (bicyclic) bond motifs is 4. The van der Waals surface area contributed by atoms with Gasteiger partial charge in [0, 0.05) is 56.4 Å². The molecular weight excluding hydrogens is 392 g/mol. The first kappa shape index (κ1) is 21.2. The molecule has 160 valence electrons. The second-order valence-corrected chi connectivity index (χ2v) is 7.28. The summed E-state index contributed by atoms with van der Waals surface area (Å²) in [6.07, 6.45) is 4.11. The molecule has 0 unspecified atom stereocenters. The van der Waals surface area contributed by atoms with Crippen molar-refractivity contribution >= 4 is 18.3 Å². The summed E-state index contributed by atoms with van der Waals surface area (Å²) in [6.45, 7) is 3.28. The van der Waals surface area contributed by atoms with Gasteiger partial charge in [0.05, 0.1) is 12.7 Å². The fourth-order valence-electron chi connectivity index (χ4n) is 4.28. The maximum absolute atomic E-state index is 13.0. The van der Waals surface area contributed by atoms with Crippen LogP contribution in [0.4, 0.5) is 0 Å². The fraction of sp³-hybridized carbons (Fsp3) is 0.474. The van der Waals surface area contributed by atoms with Crippen LogP contribution >= 0.6 is 0 Å². The van der Waals surface area contributed by atoms with Gasteiger partial charge in [0.1, 0.15) is 6.04 Å². The van der Waals surface area contributed by atoms with Gasteiger partial charge >= 0.3 is 0 Å². The van der Waals surface area contributed by atoms with Crippen LogP contribution in [-0.2, 0) is 20.9 Å². The maximum atomic E-state index is 13.0. The number of nitrogens with one attached hydrogen (secondary N) is 1. The van der Waals surface area contributed by atoms with E-state index in [1.165, 1.54) is 6.07 Å². The first-order valence-corrected chi connectivity index (χ1v) is 9.62. The van der Waals surface area contributed by atoms with E-state index in [1.54, 1.807) is 39.5 Å². The van der Waals surface area contributed by atoms with Crippen molar-refractivity contribution in [2.45, 2.75) is 31.8 Å². The van der Waals surface area contributed by atoms with Crippen LogP contribution in [0.1, 0.15) is 31.0 Å². The fourth-order valence-corrected chi connectivity index (χ4v) is 4.28. The number of piperidine rings is 1. The third-order valence-corrected chi connectivity index (χ3v) is 5.47. The highest BCUT2D eigenvalue weighted by Crippen LogP contribution is 2.41. The van der Waals surface area contributed by atoms with E-state index in [1.807, 2.05) is 6.07 Å². The van der Waals surface area contributed by atoms with Gasteiger partial charge in [-0.25, -0.2) is 0 Å². The number of rotatable bonds is 4. The summed E-state index contributed by atoms with van der Waals surface area (Å²) in [5.41, 5.74) is 0.663. The predicted octanol–water partition coefficient (Wildman–Crippen LogP) is -0.536. The van der Waals surface area contributed by atoms with Crippen molar-refractivity contribution in [2.75, 3.05) is 19.6 Å². The van der Waals surface area contributed by atoms with E-state index >= 15 is 0 Å². The molecule has 0 saturated carbocycles. The molecule has 30 heavy (non-hydrogen) atoms. The zero-order valence-electron chi connectivity index (χ0n) is 16.5. The number of carbonyl (C=O) groups is 3. The molecule has 0 spiro atoms. The van der Waals surface area contributed by atoms with Gasteiger partial charge < -0.3 is 15.3 Å².